The molecular weight excluding hydrogens is 638 g/mol. The first-order chi connectivity index (χ1) is 23.5. The number of nitrogens with zero attached hydrogens (tertiary/aromatic N) is 7. The highest BCUT2D eigenvalue weighted by Gasteiger charge is 2.28. The number of imidazole rings is 1. The second kappa shape index (κ2) is 12.3. The van der Waals surface area contributed by atoms with Crippen LogP contribution in [0.4, 0.5) is 23.4 Å². The van der Waals surface area contributed by atoms with Crippen molar-refractivity contribution in [3.63, 3.8) is 0 Å². The Labute approximate surface area is 277 Å². The van der Waals surface area contributed by atoms with Gasteiger partial charge in [-0.15, -0.1) is 0 Å². The van der Waals surface area contributed by atoms with Gasteiger partial charge in [-0.2, -0.15) is 4.98 Å². The van der Waals surface area contributed by atoms with E-state index in [2.05, 4.69) is 19.9 Å². The molecule has 5 heterocycles. The van der Waals surface area contributed by atoms with Gasteiger partial charge in [0.25, 0.3) is 0 Å². The lowest BCUT2D eigenvalue weighted by Crippen LogP contribution is -2.37. The number of rotatable bonds is 6. The largest absolute Gasteiger partial charge is 0.507 e. The molecule has 0 spiro atoms. The minimum atomic E-state index is -0.921. The van der Waals surface area contributed by atoms with Crippen LogP contribution in [0.3, 0.4) is 0 Å². The van der Waals surface area contributed by atoms with E-state index in [4.69, 9.17) is 0 Å². The van der Waals surface area contributed by atoms with Crippen LogP contribution in [0.5, 0.6) is 5.75 Å². The number of pyridine rings is 2. The number of aromatic nitrogens is 6. The standard InChI is InChI=1S/C36H29F4N7O2/c1-19(2)31-33(20(3)11-12-41-31)47-35-24(16-27(40)32(43-35)30-25(38)5-4-6-28(30)48)34(44-36(47)49)45-13-14-46-23(18-45)17-42-29(46)10-8-21-7-9-22(37)15-26(21)39/h4-12,15-17,19,48H,13-14,18H2,1-3H3/b10-8+. The lowest BCUT2D eigenvalue weighted by molar-refractivity contribution is 0.470. The van der Waals surface area contributed by atoms with Crippen LogP contribution < -0.4 is 10.6 Å². The van der Waals surface area contributed by atoms with Crippen molar-refractivity contribution in [2.45, 2.75) is 39.8 Å². The normalized spacial score (nSPS) is 13.2. The van der Waals surface area contributed by atoms with Gasteiger partial charge >= 0.3 is 5.69 Å². The van der Waals surface area contributed by atoms with Gasteiger partial charge in [0, 0.05) is 30.9 Å². The lowest BCUT2D eigenvalue weighted by Gasteiger charge is -2.30. The SMILES string of the molecule is Cc1ccnc(C(C)C)c1-n1c(=O)nc(N2CCn3c(cnc3/C=C/c3ccc(F)cc3F)C2)c2cc(F)c(-c3c(O)cccc3F)nc21. The van der Waals surface area contributed by atoms with E-state index in [1.165, 1.54) is 34.9 Å². The van der Waals surface area contributed by atoms with E-state index in [1.807, 2.05) is 25.3 Å². The maximum absolute atomic E-state index is 16.0. The summed E-state index contributed by atoms with van der Waals surface area (Å²) >= 11 is 0. The highest BCUT2D eigenvalue weighted by Crippen LogP contribution is 2.37. The van der Waals surface area contributed by atoms with Gasteiger partial charge in [0.1, 0.15) is 40.5 Å². The topological polar surface area (TPSA) is 102 Å². The number of fused-ring (bicyclic) bond motifs is 2. The molecule has 13 heteroatoms. The quantitative estimate of drug-likeness (QED) is 0.192. The number of halogens is 4. The first-order valence-electron chi connectivity index (χ1n) is 15.5. The summed E-state index contributed by atoms with van der Waals surface area (Å²) in [6.45, 7) is 6.62. The Balaban J connectivity index is 1.37. The van der Waals surface area contributed by atoms with Crippen molar-refractivity contribution in [1.29, 1.82) is 0 Å². The summed E-state index contributed by atoms with van der Waals surface area (Å²) in [5, 5.41) is 10.7. The molecule has 2 aromatic carbocycles. The van der Waals surface area contributed by atoms with Crippen LogP contribution in [0.25, 0.3) is 40.1 Å². The molecule has 7 rings (SSSR count). The van der Waals surface area contributed by atoms with E-state index < -0.39 is 46.0 Å². The van der Waals surface area contributed by atoms with Gasteiger partial charge in [0.2, 0.25) is 0 Å². The summed E-state index contributed by atoms with van der Waals surface area (Å²) in [5.41, 5.74) is 1.07. The first kappa shape index (κ1) is 31.7. The summed E-state index contributed by atoms with van der Waals surface area (Å²) < 4.78 is 61.8. The molecule has 0 amide bonds. The summed E-state index contributed by atoms with van der Waals surface area (Å²) in [6.07, 6.45) is 6.42. The predicted molar refractivity (Wildman–Crippen MR) is 177 cm³/mol. The second-order valence-corrected chi connectivity index (χ2v) is 12.1. The molecule has 6 aromatic rings. The Hall–Kier alpha value is -5.85. The minimum absolute atomic E-state index is 0.0103. The molecule has 0 fully saturated rings. The highest BCUT2D eigenvalue weighted by atomic mass is 19.1. The third-order valence-electron chi connectivity index (χ3n) is 8.54. The summed E-state index contributed by atoms with van der Waals surface area (Å²) in [4.78, 5) is 33.8. The predicted octanol–water partition coefficient (Wildman–Crippen LogP) is 6.92. The number of phenolic OH excluding ortho intramolecular Hbond substituents is 1. The molecule has 4 aromatic heterocycles. The van der Waals surface area contributed by atoms with Gasteiger partial charge < -0.3 is 14.6 Å². The maximum Gasteiger partial charge on any atom is 0.355 e. The third-order valence-corrected chi connectivity index (χ3v) is 8.54. The summed E-state index contributed by atoms with van der Waals surface area (Å²) in [6, 6.07) is 9.82. The summed E-state index contributed by atoms with van der Waals surface area (Å²) in [7, 11) is 0. The number of aryl methyl sites for hydroxylation is 1. The molecule has 0 saturated heterocycles. The van der Waals surface area contributed by atoms with Crippen LogP contribution >= 0.6 is 0 Å². The van der Waals surface area contributed by atoms with Crippen LogP contribution in [0.2, 0.25) is 0 Å². The number of aromatic hydroxyl groups is 1. The average Bonchev–Trinajstić information content (AvgIpc) is 3.47. The zero-order chi connectivity index (χ0) is 34.6. The number of phenols is 1. The fourth-order valence-electron chi connectivity index (χ4n) is 6.18. The lowest BCUT2D eigenvalue weighted by atomic mass is 10.0. The van der Waals surface area contributed by atoms with E-state index in [0.717, 1.165) is 23.9 Å². The maximum atomic E-state index is 16.0. The monoisotopic (exact) mass is 667 g/mol. The Morgan fingerprint density at radius 2 is 1.73 bits per heavy atom. The first-order valence-corrected chi connectivity index (χ1v) is 15.5. The molecule has 1 aliphatic heterocycles. The van der Waals surface area contributed by atoms with Gasteiger partial charge in [-0.3, -0.25) is 4.98 Å². The van der Waals surface area contributed by atoms with Crippen molar-refractivity contribution in [2.75, 3.05) is 11.4 Å². The number of benzene rings is 2. The Kier molecular flexibility index (Phi) is 7.97. The van der Waals surface area contributed by atoms with Crippen molar-refractivity contribution in [3.05, 3.63) is 123 Å². The molecular formula is C36H29F4N7O2. The van der Waals surface area contributed by atoms with Crippen molar-refractivity contribution >= 4 is 29.0 Å². The molecule has 0 saturated carbocycles. The van der Waals surface area contributed by atoms with Gasteiger partial charge in [-0.25, -0.2) is 36.9 Å². The van der Waals surface area contributed by atoms with Gasteiger partial charge in [-0.05, 0) is 67.0 Å². The van der Waals surface area contributed by atoms with Crippen LogP contribution in [0.1, 0.15) is 48.1 Å². The molecule has 1 N–H and O–H groups in total. The van der Waals surface area contributed by atoms with E-state index in [9.17, 15) is 18.7 Å². The number of anilines is 1. The van der Waals surface area contributed by atoms with Crippen LogP contribution in [-0.2, 0) is 13.1 Å². The fraction of sp³-hybridized carbons (Fsp3) is 0.194. The Morgan fingerprint density at radius 3 is 2.49 bits per heavy atom. The molecule has 0 bridgehead atoms. The van der Waals surface area contributed by atoms with E-state index in [-0.39, 0.29) is 34.9 Å². The molecule has 0 radical (unpaired) electrons. The summed E-state index contributed by atoms with van der Waals surface area (Å²) in [5.74, 6) is -3.09. The smallest absolute Gasteiger partial charge is 0.355 e. The van der Waals surface area contributed by atoms with Gasteiger partial charge in [-0.1, -0.05) is 19.9 Å². The highest BCUT2D eigenvalue weighted by molar-refractivity contribution is 5.91. The average molecular weight is 668 g/mol. The zero-order valence-corrected chi connectivity index (χ0v) is 26.6. The van der Waals surface area contributed by atoms with Crippen molar-refractivity contribution in [2.24, 2.45) is 0 Å². The molecule has 9 nitrogen and oxygen atoms in total. The van der Waals surface area contributed by atoms with Crippen LogP contribution in [0.15, 0.2) is 65.7 Å². The Morgan fingerprint density at radius 1 is 0.918 bits per heavy atom. The van der Waals surface area contributed by atoms with Crippen LogP contribution in [-0.4, -0.2) is 40.7 Å². The van der Waals surface area contributed by atoms with Crippen molar-refractivity contribution < 1.29 is 22.7 Å². The van der Waals surface area contributed by atoms with Gasteiger partial charge in [0.05, 0.1) is 40.8 Å². The van der Waals surface area contributed by atoms with E-state index >= 15 is 8.78 Å². The molecule has 0 unspecified atom stereocenters. The van der Waals surface area contributed by atoms with E-state index in [1.54, 1.807) is 29.4 Å². The van der Waals surface area contributed by atoms with Crippen LogP contribution in [0, 0.1) is 30.2 Å². The van der Waals surface area contributed by atoms with Crippen molar-refractivity contribution in [3.8, 4) is 22.7 Å². The fourth-order valence-corrected chi connectivity index (χ4v) is 6.18. The number of hydrogen-bond acceptors (Lipinski definition) is 7. The zero-order valence-electron chi connectivity index (χ0n) is 26.6. The second-order valence-electron chi connectivity index (χ2n) is 12.1. The van der Waals surface area contributed by atoms with Crippen molar-refractivity contribution in [1.82, 2.24) is 29.1 Å². The molecule has 49 heavy (non-hydrogen) atoms. The molecule has 1 aliphatic rings. The molecule has 0 aliphatic carbocycles. The Bertz CT molecular complexity index is 2350. The molecule has 248 valence electrons. The van der Waals surface area contributed by atoms with Gasteiger partial charge in [0.15, 0.2) is 11.5 Å². The minimum Gasteiger partial charge on any atom is -0.507 e. The third kappa shape index (κ3) is 5.60. The van der Waals surface area contributed by atoms with E-state index in [0.29, 0.717) is 35.9 Å². The molecule has 0 atom stereocenters. The number of hydrogen-bond donors (Lipinski definition) is 1.